The zero-order chi connectivity index (χ0) is 25.6. The number of benzene rings is 2. The van der Waals surface area contributed by atoms with Gasteiger partial charge in [0.1, 0.15) is 5.54 Å². The van der Waals surface area contributed by atoms with Gasteiger partial charge in [0.05, 0.1) is 38.9 Å². The van der Waals surface area contributed by atoms with Crippen molar-refractivity contribution in [1.29, 1.82) is 0 Å². The minimum Gasteiger partial charge on any atom is -0.493 e. The van der Waals surface area contributed by atoms with E-state index in [1.165, 1.54) is 21.3 Å². The predicted molar refractivity (Wildman–Crippen MR) is 127 cm³/mol. The van der Waals surface area contributed by atoms with Gasteiger partial charge in [0.25, 0.3) is 0 Å². The van der Waals surface area contributed by atoms with Gasteiger partial charge in [-0.25, -0.2) is 4.90 Å². The van der Waals surface area contributed by atoms with Crippen molar-refractivity contribution in [1.82, 2.24) is 5.32 Å². The average molecular weight is 497 g/mol. The highest BCUT2D eigenvalue weighted by Gasteiger charge is 2.68. The highest BCUT2D eigenvalue weighted by Crippen LogP contribution is 2.52. The van der Waals surface area contributed by atoms with Crippen LogP contribution in [0.3, 0.4) is 0 Å². The number of amides is 2. The summed E-state index contributed by atoms with van der Waals surface area (Å²) in [6.45, 7) is 1.99. The number of ether oxygens (including phenoxy) is 5. The van der Waals surface area contributed by atoms with E-state index in [2.05, 4.69) is 5.32 Å². The van der Waals surface area contributed by atoms with Crippen molar-refractivity contribution in [3.63, 3.8) is 0 Å². The number of hydrogen-bond acceptors (Lipinski definition) is 9. The highest BCUT2D eigenvalue weighted by atomic mass is 16.7. The summed E-state index contributed by atoms with van der Waals surface area (Å²) in [4.78, 5) is 42.3. The first kappa shape index (κ1) is 23.9. The summed E-state index contributed by atoms with van der Waals surface area (Å²) in [6, 6.07) is 9.57. The molecule has 2 aromatic carbocycles. The molecule has 0 bridgehead atoms. The second-order valence-electron chi connectivity index (χ2n) is 9.00. The van der Waals surface area contributed by atoms with Crippen LogP contribution >= 0.6 is 0 Å². The van der Waals surface area contributed by atoms with E-state index in [1.807, 2.05) is 6.92 Å². The van der Waals surface area contributed by atoms with Crippen LogP contribution in [-0.4, -0.2) is 51.4 Å². The highest BCUT2D eigenvalue weighted by molar-refractivity contribution is 6.24. The number of hydrogen-bond donors (Lipinski definition) is 1. The Labute approximate surface area is 208 Å². The van der Waals surface area contributed by atoms with Crippen LogP contribution in [0.2, 0.25) is 0 Å². The van der Waals surface area contributed by atoms with E-state index in [0.29, 0.717) is 47.1 Å². The number of imide groups is 1. The summed E-state index contributed by atoms with van der Waals surface area (Å²) in [5.74, 6) is -1.24. The van der Waals surface area contributed by atoms with Crippen LogP contribution in [0, 0.1) is 11.8 Å². The number of rotatable bonds is 7. The fourth-order valence-corrected chi connectivity index (χ4v) is 5.71. The maximum atomic E-state index is 13.9. The summed E-state index contributed by atoms with van der Waals surface area (Å²) in [6.07, 6.45) is 0.911. The van der Waals surface area contributed by atoms with E-state index in [4.69, 9.17) is 23.7 Å². The third kappa shape index (κ3) is 3.39. The molecule has 0 unspecified atom stereocenters. The smallest absolute Gasteiger partial charge is 0.326 e. The topological polar surface area (TPSA) is 113 Å². The Morgan fingerprint density at radius 2 is 1.78 bits per heavy atom. The third-order valence-electron chi connectivity index (χ3n) is 7.23. The Kier molecular flexibility index (Phi) is 5.99. The van der Waals surface area contributed by atoms with Gasteiger partial charge in [-0.1, -0.05) is 19.4 Å². The molecule has 0 radical (unpaired) electrons. The van der Waals surface area contributed by atoms with Crippen molar-refractivity contribution >= 4 is 23.5 Å². The Bertz CT molecular complexity index is 1230. The number of nitrogens with zero attached hydrogens (tertiary/aromatic N) is 1. The lowest BCUT2D eigenvalue weighted by molar-refractivity contribution is -0.152. The first-order chi connectivity index (χ1) is 17.4. The summed E-state index contributed by atoms with van der Waals surface area (Å²) < 4.78 is 26.8. The molecule has 190 valence electrons. The van der Waals surface area contributed by atoms with Gasteiger partial charge >= 0.3 is 5.97 Å². The maximum Gasteiger partial charge on any atom is 0.326 e. The van der Waals surface area contributed by atoms with Crippen LogP contribution < -0.4 is 29.2 Å². The molecule has 1 N–H and O–H groups in total. The maximum absolute atomic E-state index is 13.9. The monoisotopic (exact) mass is 496 g/mol. The molecule has 0 spiro atoms. The third-order valence-corrected chi connectivity index (χ3v) is 7.23. The largest absolute Gasteiger partial charge is 0.493 e. The standard InChI is InChI=1S/C26H28N2O8/c1-5-10-26(25(31)34-4)21-20(22(27-26)14-6-8-16(32-2)18(11-14)33-3)23(29)28(24(21)30)15-7-9-17-19(12-15)36-13-35-17/h6-9,11-12,20-22,27H,5,10,13H2,1-4H3/t20-,21+,22-,26+/m1/s1. The second kappa shape index (κ2) is 9.02. The number of methoxy groups -OCH3 is 3. The number of carbonyl (C=O) groups excluding carboxylic acids is 3. The van der Waals surface area contributed by atoms with Crippen molar-refractivity contribution in [3.8, 4) is 23.0 Å². The average Bonchev–Trinajstić information content (AvgIpc) is 3.57. The van der Waals surface area contributed by atoms with E-state index in [9.17, 15) is 14.4 Å². The van der Waals surface area contributed by atoms with Crippen LogP contribution in [0.1, 0.15) is 31.4 Å². The summed E-state index contributed by atoms with van der Waals surface area (Å²) >= 11 is 0. The quantitative estimate of drug-likeness (QED) is 0.457. The zero-order valence-corrected chi connectivity index (χ0v) is 20.5. The minimum absolute atomic E-state index is 0.0686. The first-order valence-corrected chi connectivity index (χ1v) is 11.8. The molecular formula is C26H28N2O8. The molecule has 2 aromatic rings. The molecule has 10 nitrogen and oxygen atoms in total. The van der Waals surface area contributed by atoms with E-state index in [1.54, 1.807) is 36.4 Å². The number of nitrogens with one attached hydrogen (secondary N) is 1. The Hall–Kier alpha value is -3.79. The van der Waals surface area contributed by atoms with Gasteiger partial charge in [0.15, 0.2) is 23.0 Å². The van der Waals surface area contributed by atoms with E-state index >= 15 is 0 Å². The fraction of sp³-hybridized carbons (Fsp3) is 0.423. The summed E-state index contributed by atoms with van der Waals surface area (Å²) in [5.41, 5.74) is -0.313. The molecule has 0 aromatic heterocycles. The Balaban J connectivity index is 1.63. The van der Waals surface area contributed by atoms with Gasteiger partial charge in [-0.15, -0.1) is 0 Å². The lowest BCUT2D eigenvalue weighted by atomic mass is 9.77. The van der Waals surface area contributed by atoms with Crippen LogP contribution in [0.15, 0.2) is 36.4 Å². The van der Waals surface area contributed by atoms with E-state index in [-0.39, 0.29) is 6.79 Å². The Morgan fingerprint density at radius 1 is 1.03 bits per heavy atom. The fourth-order valence-electron chi connectivity index (χ4n) is 5.71. The van der Waals surface area contributed by atoms with Gasteiger partial charge in [-0.3, -0.25) is 19.7 Å². The molecule has 2 amide bonds. The molecule has 5 rings (SSSR count). The molecule has 0 saturated carbocycles. The molecule has 2 saturated heterocycles. The van der Waals surface area contributed by atoms with Gasteiger partial charge in [0.2, 0.25) is 18.6 Å². The van der Waals surface area contributed by atoms with Crippen molar-refractivity contribution in [2.75, 3.05) is 33.0 Å². The second-order valence-corrected chi connectivity index (χ2v) is 9.00. The van der Waals surface area contributed by atoms with E-state index in [0.717, 1.165) is 4.90 Å². The van der Waals surface area contributed by atoms with Crippen molar-refractivity contribution < 1.29 is 38.1 Å². The van der Waals surface area contributed by atoms with Gasteiger partial charge in [-0.2, -0.15) is 0 Å². The minimum atomic E-state index is -1.37. The van der Waals surface area contributed by atoms with Gasteiger partial charge in [0, 0.05) is 12.1 Å². The van der Waals surface area contributed by atoms with Crippen LogP contribution in [0.25, 0.3) is 0 Å². The van der Waals surface area contributed by atoms with E-state index < -0.39 is 41.2 Å². The lowest BCUT2D eigenvalue weighted by Gasteiger charge is -2.32. The molecule has 3 heterocycles. The molecule has 4 atom stereocenters. The first-order valence-electron chi connectivity index (χ1n) is 11.8. The molecular weight excluding hydrogens is 468 g/mol. The molecule has 0 aliphatic carbocycles. The molecule has 3 aliphatic rings. The van der Waals surface area contributed by atoms with Crippen molar-refractivity contribution in [3.05, 3.63) is 42.0 Å². The molecule has 2 fully saturated rings. The lowest BCUT2D eigenvalue weighted by Crippen LogP contribution is -2.56. The van der Waals surface area contributed by atoms with Crippen LogP contribution in [0.5, 0.6) is 23.0 Å². The van der Waals surface area contributed by atoms with Crippen LogP contribution in [0.4, 0.5) is 5.69 Å². The van der Waals surface area contributed by atoms with Gasteiger partial charge < -0.3 is 23.7 Å². The predicted octanol–water partition coefficient (Wildman–Crippen LogP) is 2.59. The number of fused-ring (bicyclic) bond motifs is 2. The summed E-state index contributed by atoms with van der Waals surface area (Å²) in [7, 11) is 4.35. The van der Waals surface area contributed by atoms with Crippen molar-refractivity contribution in [2.45, 2.75) is 31.3 Å². The Morgan fingerprint density at radius 3 is 2.47 bits per heavy atom. The number of esters is 1. The molecule has 36 heavy (non-hydrogen) atoms. The summed E-state index contributed by atoms with van der Waals surface area (Å²) in [5, 5.41) is 3.35. The number of carbonyl (C=O) groups is 3. The van der Waals surface area contributed by atoms with Gasteiger partial charge in [-0.05, 0) is 36.2 Å². The normalized spacial score (nSPS) is 26.2. The molecule has 10 heteroatoms. The zero-order valence-electron chi connectivity index (χ0n) is 20.5. The molecule has 3 aliphatic heterocycles. The van der Waals surface area contributed by atoms with Crippen LogP contribution in [-0.2, 0) is 19.1 Å². The number of anilines is 1. The van der Waals surface area contributed by atoms with Crippen molar-refractivity contribution in [2.24, 2.45) is 11.8 Å². The SMILES string of the molecule is CCC[C@]1(C(=O)OC)N[C@H](c2ccc(OC)c(OC)c2)[C@@H]2C(=O)N(c3ccc4c(c3)OCO4)C(=O)[C@H]21.